The summed E-state index contributed by atoms with van der Waals surface area (Å²) in [4.78, 5) is 15.7. The molecule has 2 N–H and O–H groups in total. The molecule has 4 aromatic rings. The Labute approximate surface area is 211 Å². The molecular formula is C29H32N6O. The standard InChI is InChI=1S/C29H32N6O/c1-4-5-10-27-30-26-16-15-22(19(2)3)17-25(26)29(36)35(27)18-20-11-13-21(14-12-20)23-8-6-7-9-24(23)28-31-33-34-32-28/h6-9,11-17,19,27,30H,4-5,10,18H2,1-3H3,(H,31,32,33,34). The molecular weight excluding hydrogens is 448 g/mol. The van der Waals surface area contributed by atoms with Crippen LogP contribution in [0, 0.1) is 0 Å². The lowest BCUT2D eigenvalue weighted by molar-refractivity contribution is 0.0657. The maximum Gasteiger partial charge on any atom is 0.257 e. The summed E-state index contributed by atoms with van der Waals surface area (Å²) in [6, 6.07) is 22.7. The number of carbonyl (C=O) groups excluding carboxylic acids is 1. The average molecular weight is 481 g/mol. The topological polar surface area (TPSA) is 86.8 Å². The summed E-state index contributed by atoms with van der Waals surface area (Å²) in [6.07, 6.45) is 3.05. The molecule has 36 heavy (non-hydrogen) atoms. The van der Waals surface area contributed by atoms with Crippen molar-refractivity contribution in [3.63, 3.8) is 0 Å². The fourth-order valence-corrected chi connectivity index (χ4v) is 4.78. The molecule has 1 aliphatic heterocycles. The van der Waals surface area contributed by atoms with E-state index < -0.39 is 0 Å². The van der Waals surface area contributed by atoms with Crippen molar-refractivity contribution < 1.29 is 4.79 Å². The van der Waals surface area contributed by atoms with E-state index in [0.29, 0.717) is 18.3 Å². The van der Waals surface area contributed by atoms with Crippen molar-refractivity contribution in [1.82, 2.24) is 25.5 Å². The quantitative estimate of drug-likeness (QED) is 0.312. The number of unbranched alkanes of at least 4 members (excludes halogenated alkanes) is 1. The SMILES string of the molecule is CCCCC1Nc2ccc(C(C)C)cc2C(=O)N1Cc1ccc(-c2ccccc2-c2nn[nH]n2)cc1. The van der Waals surface area contributed by atoms with Crippen molar-refractivity contribution in [3.8, 4) is 22.5 Å². The number of anilines is 1. The summed E-state index contributed by atoms with van der Waals surface area (Å²) in [5, 5.41) is 18.2. The summed E-state index contributed by atoms with van der Waals surface area (Å²) < 4.78 is 0. The Morgan fingerprint density at radius 2 is 1.75 bits per heavy atom. The normalized spacial score (nSPS) is 15.2. The van der Waals surface area contributed by atoms with Gasteiger partial charge in [0.1, 0.15) is 6.17 Å². The molecule has 7 heteroatoms. The van der Waals surface area contributed by atoms with Gasteiger partial charge in [-0.3, -0.25) is 4.79 Å². The van der Waals surface area contributed by atoms with E-state index in [9.17, 15) is 4.79 Å². The molecule has 1 atom stereocenters. The lowest BCUT2D eigenvalue weighted by atomic mass is 9.96. The third-order valence-corrected chi connectivity index (χ3v) is 6.86. The number of aromatic amines is 1. The van der Waals surface area contributed by atoms with Crippen LogP contribution in [-0.2, 0) is 6.54 Å². The summed E-state index contributed by atoms with van der Waals surface area (Å²) in [5.74, 6) is 1.04. The first-order chi connectivity index (χ1) is 17.5. The van der Waals surface area contributed by atoms with Crippen LogP contribution in [0.3, 0.4) is 0 Å². The zero-order valence-corrected chi connectivity index (χ0v) is 21.0. The predicted molar refractivity (Wildman–Crippen MR) is 142 cm³/mol. The molecule has 0 saturated carbocycles. The van der Waals surface area contributed by atoms with Crippen molar-refractivity contribution in [3.05, 3.63) is 83.4 Å². The predicted octanol–water partition coefficient (Wildman–Crippen LogP) is 6.24. The first kappa shape index (κ1) is 23.7. The molecule has 2 heterocycles. The van der Waals surface area contributed by atoms with E-state index in [4.69, 9.17) is 0 Å². The lowest BCUT2D eigenvalue weighted by Gasteiger charge is -2.38. The molecule has 3 aromatic carbocycles. The minimum Gasteiger partial charge on any atom is -0.364 e. The summed E-state index contributed by atoms with van der Waals surface area (Å²) in [7, 11) is 0. The molecule has 1 unspecified atom stereocenters. The van der Waals surface area contributed by atoms with Crippen LogP contribution in [0.25, 0.3) is 22.5 Å². The van der Waals surface area contributed by atoms with E-state index in [1.807, 2.05) is 23.1 Å². The van der Waals surface area contributed by atoms with Gasteiger partial charge in [0.15, 0.2) is 0 Å². The molecule has 0 bridgehead atoms. The number of hydrogen-bond donors (Lipinski definition) is 2. The summed E-state index contributed by atoms with van der Waals surface area (Å²) in [5.41, 5.74) is 7.01. The third kappa shape index (κ3) is 4.73. The van der Waals surface area contributed by atoms with E-state index in [0.717, 1.165) is 52.8 Å². The molecule has 0 fully saturated rings. The zero-order chi connectivity index (χ0) is 25.1. The van der Waals surface area contributed by atoms with Gasteiger partial charge >= 0.3 is 0 Å². The van der Waals surface area contributed by atoms with Crippen molar-refractivity contribution in [1.29, 1.82) is 0 Å². The molecule has 0 saturated heterocycles. The molecule has 5 rings (SSSR count). The molecule has 184 valence electrons. The Hall–Kier alpha value is -4.00. The fraction of sp³-hybridized carbons (Fsp3) is 0.310. The first-order valence-corrected chi connectivity index (χ1v) is 12.7. The number of benzene rings is 3. The van der Waals surface area contributed by atoms with Gasteiger partial charge < -0.3 is 10.2 Å². The Morgan fingerprint density at radius 3 is 2.44 bits per heavy atom. The van der Waals surface area contributed by atoms with Gasteiger partial charge in [0.05, 0.1) is 5.56 Å². The molecule has 1 aliphatic rings. The zero-order valence-electron chi connectivity index (χ0n) is 21.0. The number of amides is 1. The van der Waals surface area contributed by atoms with Crippen LogP contribution in [0.5, 0.6) is 0 Å². The van der Waals surface area contributed by atoms with Gasteiger partial charge in [-0.1, -0.05) is 81.8 Å². The second-order valence-corrected chi connectivity index (χ2v) is 9.67. The minimum absolute atomic E-state index is 0.0199. The molecule has 7 nitrogen and oxygen atoms in total. The van der Waals surface area contributed by atoms with Gasteiger partial charge in [-0.05, 0) is 58.4 Å². The largest absolute Gasteiger partial charge is 0.364 e. The number of aromatic nitrogens is 4. The maximum absolute atomic E-state index is 13.7. The minimum atomic E-state index is -0.0199. The van der Waals surface area contributed by atoms with Gasteiger partial charge in [-0.2, -0.15) is 5.21 Å². The van der Waals surface area contributed by atoms with Crippen molar-refractivity contribution in [2.75, 3.05) is 5.32 Å². The Balaban J connectivity index is 1.42. The van der Waals surface area contributed by atoms with Crippen LogP contribution in [0.15, 0.2) is 66.7 Å². The number of carbonyl (C=O) groups is 1. The van der Waals surface area contributed by atoms with Gasteiger partial charge in [0.25, 0.3) is 5.91 Å². The molecule has 0 radical (unpaired) electrons. The smallest absolute Gasteiger partial charge is 0.257 e. The van der Waals surface area contributed by atoms with Gasteiger partial charge in [-0.25, -0.2) is 0 Å². The van der Waals surface area contributed by atoms with Crippen molar-refractivity contribution >= 4 is 11.6 Å². The number of hydrogen-bond acceptors (Lipinski definition) is 5. The molecule has 0 spiro atoms. The fourth-order valence-electron chi connectivity index (χ4n) is 4.78. The highest BCUT2D eigenvalue weighted by Gasteiger charge is 2.32. The second-order valence-electron chi connectivity index (χ2n) is 9.67. The highest BCUT2D eigenvalue weighted by molar-refractivity contribution is 6.01. The number of nitrogens with zero attached hydrogens (tertiary/aromatic N) is 4. The number of H-pyrrole nitrogens is 1. The van der Waals surface area contributed by atoms with E-state index in [2.05, 4.69) is 95.2 Å². The van der Waals surface area contributed by atoms with E-state index in [-0.39, 0.29) is 12.1 Å². The van der Waals surface area contributed by atoms with Gasteiger partial charge in [0, 0.05) is 17.8 Å². The highest BCUT2D eigenvalue weighted by Crippen LogP contribution is 2.33. The molecule has 0 aliphatic carbocycles. The van der Waals surface area contributed by atoms with Gasteiger partial charge in [-0.15, -0.1) is 10.2 Å². The van der Waals surface area contributed by atoms with E-state index in [1.165, 1.54) is 5.56 Å². The Kier molecular flexibility index (Phi) is 6.80. The Bertz CT molecular complexity index is 1330. The monoisotopic (exact) mass is 480 g/mol. The van der Waals surface area contributed by atoms with E-state index in [1.54, 1.807) is 0 Å². The number of tetrazole rings is 1. The third-order valence-electron chi connectivity index (χ3n) is 6.86. The van der Waals surface area contributed by atoms with Crippen LogP contribution in [0.1, 0.15) is 67.4 Å². The number of rotatable bonds is 8. The molecule has 1 amide bonds. The van der Waals surface area contributed by atoms with Crippen LogP contribution in [0.4, 0.5) is 5.69 Å². The van der Waals surface area contributed by atoms with Crippen LogP contribution in [0.2, 0.25) is 0 Å². The van der Waals surface area contributed by atoms with Crippen LogP contribution in [-0.4, -0.2) is 37.6 Å². The van der Waals surface area contributed by atoms with Crippen LogP contribution < -0.4 is 5.32 Å². The highest BCUT2D eigenvalue weighted by atomic mass is 16.2. The summed E-state index contributed by atoms with van der Waals surface area (Å²) >= 11 is 0. The molecule has 1 aromatic heterocycles. The number of nitrogens with one attached hydrogen (secondary N) is 2. The van der Waals surface area contributed by atoms with Gasteiger partial charge in [0.2, 0.25) is 5.82 Å². The van der Waals surface area contributed by atoms with Crippen LogP contribution >= 0.6 is 0 Å². The second kappa shape index (κ2) is 10.3. The maximum atomic E-state index is 13.7. The average Bonchev–Trinajstić information content (AvgIpc) is 3.44. The lowest BCUT2D eigenvalue weighted by Crippen LogP contribution is -2.48. The summed E-state index contributed by atoms with van der Waals surface area (Å²) in [6.45, 7) is 7.05. The van der Waals surface area contributed by atoms with Crippen molar-refractivity contribution in [2.45, 2.75) is 58.7 Å². The van der Waals surface area contributed by atoms with Crippen molar-refractivity contribution in [2.24, 2.45) is 0 Å². The first-order valence-electron chi connectivity index (χ1n) is 12.7. The van der Waals surface area contributed by atoms with E-state index >= 15 is 0 Å². The Morgan fingerprint density at radius 1 is 0.972 bits per heavy atom. The number of fused-ring (bicyclic) bond motifs is 1.